The van der Waals surface area contributed by atoms with Gasteiger partial charge in [0.1, 0.15) is 0 Å². The molecular formula is C8H17NOS. The average Bonchev–Trinajstić information content (AvgIpc) is 2.47. The first-order valence-corrected chi connectivity index (χ1v) is 5.51. The fraction of sp³-hybridized carbons (Fsp3) is 1.00. The van der Waals surface area contributed by atoms with Gasteiger partial charge in [0.2, 0.25) is 0 Å². The molecule has 0 aromatic heterocycles. The molecule has 2 atom stereocenters. The van der Waals surface area contributed by atoms with Crippen LogP contribution in [-0.2, 0) is 4.74 Å². The molecule has 1 rings (SSSR count). The summed E-state index contributed by atoms with van der Waals surface area (Å²) in [5.74, 6) is 0. The molecular weight excluding hydrogens is 158 g/mol. The first kappa shape index (κ1) is 9.36. The Hall–Kier alpha value is 0.270. The Kier molecular flexibility index (Phi) is 4.26. The van der Waals surface area contributed by atoms with Crippen molar-refractivity contribution in [1.29, 1.82) is 0 Å². The van der Waals surface area contributed by atoms with Gasteiger partial charge in [-0.3, -0.25) is 0 Å². The van der Waals surface area contributed by atoms with Gasteiger partial charge < -0.3 is 10.1 Å². The summed E-state index contributed by atoms with van der Waals surface area (Å²) in [6, 6.07) is 0.588. The van der Waals surface area contributed by atoms with E-state index in [0.717, 1.165) is 19.8 Å². The van der Waals surface area contributed by atoms with Gasteiger partial charge in [-0.25, -0.2) is 0 Å². The lowest BCUT2D eigenvalue weighted by molar-refractivity contribution is 0.190. The molecule has 1 N–H and O–H groups in total. The number of ether oxygens (including phenoxy) is 1. The van der Waals surface area contributed by atoms with Crippen LogP contribution in [0.2, 0.25) is 0 Å². The second-order valence-electron chi connectivity index (χ2n) is 2.87. The Balaban J connectivity index is 2.20. The minimum absolute atomic E-state index is 0.588. The third kappa shape index (κ3) is 2.65. The Morgan fingerprint density at radius 3 is 3.00 bits per heavy atom. The summed E-state index contributed by atoms with van der Waals surface area (Å²) >= 11 is 1.90. The molecule has 0 saturated carbocycles. The zero-order valence-electron chi connectivity index (χ0n) is 7.30. The Bertz CT molecular complexity index is 110. The van der Waals surface area contributed by atoms with Crippen molar-refractivity contribution in [3.05, 3.63) is 0 Å². The Labute approximate surface area is 73.1 Å². The molecule has 3 heteroatoms. The summed E-state index contributed by atoms with van der Waals surface area (Å²) in [7, 11) is 0. The number of rotatable bonds is 4. The molecule has 0 spiro atoms. The lowest BCUT2D eigenvalue weighted by Crippen LogP contribution is -2.37. The van der Waals surface area contributed by atoms with E-state index in [1.54, 1.807) is 0 Å². The van der Waals surface area contributed by atoms with Gasteiger partial charge in [-0.2, -0.15) is 11.8 Å². The molecule has 1 saturated heterocycles. The fourth-order valence-corrected chi connectivity index (χ4v) is 2.02. The number of nitrogens with one attached hydrogen (secondary N) is 1. The normalized spacial score (nSPS) is 31.1. The standard InChI is InChI=1S/C8H17NOS/c1-3-4-9-7-5-10-6-8(7)11-2/h7-9H,3-6H2,1-2H3. The van der Waals surface area contributed by atoms with Crippen LogP contribution in [-0.4, -0.2) is 37.3 Å². The summed E-state index contributed by atoms with van der Waals surface area (Å²) in [6.07, 6.45) is 3.36. The van der Waals surface area contributed by atoms with Crippen LogP contribution in [0.1, 0.15) is 13.3 Å². The van der Waals surface area contributed by atoms with Crippen LogP contribution in [0.15, 0.2) is 0 Å². The maximum Gasteiger partial charge on any atom is 0.0631 e. The predicted octanol–water partition coefficient (Wildman–Crippen LogP) is 1.12. The molecule has 0 bridgehead atoms. The summed E-state index contributed by atoms with van der Waals surface area (Å²) < 4.78 is 5.37. The van der Waals surface area contributed by atoms with E-state index in [1.165, 1.54) is 6.42 Å². The van der Waals surface area contributed by atoms with E-state index < -0.39 is 0 Å². The van der Waals surface area contributed by atoms with E-state index >= 15 is 0 Å². The topological polar surface area (TPSA) is 21.3 Å². The van der Waals surface area contributed by atoms with Crippen molar-refractivity contribution in [2.45, 2.75) is 24.6 Å². The Morgan fingerprint density at radius 1 is 1.55 bits per heavy atom. The molecule has 1 aliphatic heterocycles. The lowest BCUT2D eigenvalue weighted by atomic mass is 10.2. The molecule has 0 aromatic rings. The molecule has 1 aliphatic rings. The Morgan fingerprint density at radius 2 is 2.36 bits per heavy atom. The van der Waals surface area contributed by atoms with E-state index in [-0.39, 0.29) is 0 Å². The van der Waals surface area contributed by atoms with Crippen LogP contribution in [0.3, 0.4) is 0 Å². The lowest BCUT2D eigenvalue weighted by Gasteiger charge is -2.16. The van der Waals surface area contributed by atoms with Crippen LogP contribution in [0.4, 0.5) is 0 Å². The quantitative estimate of drug-likeness (QED) is 0.692. The summed E-state index contributed by atoms with van der Waals surface area (Å²) in [4.78, 5) is 0. The van der Waals surface area contributed by atoms with Crippen molar-refractivity contribution < 1.29 is 4.74 Å². The maximum absolute atomic E-state index is 5.37. The van der Waals surface area contributed by atoms with Crippen molar-refractivity contribution in [2.24, 2.45) is 0 Å². The number of hydrogen-bond acceptors (Lipinski definition) is 3. The van der Waals surface area contributed by atoms with Crippen molar-refractivity contribution in [3.8, 4) is 0 Å². The minimum atomic E-state index is 0.588. The van der Waals surface area contributed by atoms with Crippen molar-refractivity contribution in [2.75, 3.05) is 26.0 Å². The van der Waals surface area contributed by atoms with Gasteiger partial charge in [-0.05, 0) is 19.2 Å². The first-order valence-electron chi connectivity index (χ1n) is 4.22. The van der Waals surface area contributed by atoms with Crippen molar-refractivity contribution >= 4 is 11.8 Å². The van der Waals surface area contributed by atoms with E-state index in [9.17, 15) is 0 Å². The first-order chi connectivity index (χ1) is 5.38. The highest BCUT2D eigenvalue weighted by molar-refractivity contribution is 7.99. The van der Waals surface area contributed by atoms with Gasteiger partial charge in [0.05, 0.1) is 13.2 Å². The van der Waals surface area contributed by atoms with Gasteiger partial charge in [0, 0.05) is 11.3 Å². The number of hydrogen-bond donors (Lipinski definition) is 1. The van der Waals surface area contributed by atoms with Crippen LogP contribution >= 0.6 is 11.8 Å². The molecule has 0 aromatic carbocycles. The molecule has 2 nitrogen and oxygen atoms in total. The van der Waals surface area contributed by atoms with E-state index in [0.29, 0.717) is 11.3 Å². The largest absolute Gasteiger partial charge is 0.379 e. The molecule has 0 radical (unpaired) electrons. The summed E-state index contributed by atoms with van der Waals surface area (Å²) in [5, 5.41) is 4.15. The van der Waals surface area contributed by atoms with E-state index in [4.69, 9.17) is 4.74 Å². The zero-order valence-corrected chi connectivity index (χ0v) is 8.12. The molecule has 11 heavy (non-hydrogen) atoms. The van der Waals surface area contributed by atoms with Crippen molar-refractivity contribution in [3.63, 3.8) is 0 Å². The van der Waals surface area contributed by atoms with Crippen molar-refractivity contribution in [1.82, 2.24) is 5.32 Å². The maximum atomic E-state index is 5.37. The third-order valence-corrected chi connectivity index (χ3v) is 3.06. The second kappa shape index (κ2) is 5.01. The smallest absolute Gasteiger partial charge is 0.0631 e. The highest BCUT2D eigenvalue weighted by atomic mass is 32.2. The summed E-state index contributed by atoms with van der Waals surface area (Å²) in [5.41, 5.74) is 0. The van der Waals surface area contributed by atoms with Gasteiger partial charge in [-0.15, -0.1) is 0 Å². The highest BCUT2D eigenvalue weighted by Crippen LogP contribution is 2.17. The third-order valence-electron chi connectivity index (χ3n) is 1.99. The van der Waals surface area contributed by atoms with Gasteiger partial charge in [0.25, 0.3) is 0 Å². The zero-order chi connectivity index (χ0) is 8.10. The van der Waals surface area contributed by atoms with Crippen LogP contribution in [0.5, 0.6) is 0 Å². The monoisotopic (exact) mass is 175 g/mol. The molecule has 1 heterocycles. The minimum Gasteiger partial charge on any atom is -0.379 e. The predicted molar refractivity (Wildman–Crippen MR) is 50.2 cm³/mol. The molecule has 0 amide bonds. The molecule has 0 aliphatic carbocycles. The highest BCUT2D eigenvalue weighted by Gasteiger charge is 2.26. The number of thioether (sulfide) groups is 1. The average molecular weight is 175 g/mol. The second-order valence-corrected chi connectivity index (χ2v) is 3.95. The van der Waals surface area contributed by atoms with E-state index in [1.807, 2.05) is 11.8 Å². The van der Waals surface area contributed by atoms with Gasteiger partial charge in [0.15, 0.2) is 0 Å². The molecule has 1 fully saturated rings. The molecule has 2 unspecified atom stereocenters. The van der Waals surface area contributed by atoms with Gasteiger partial charge >= 0.3 is 0 Å². The van der Waals surface area contributed by atoms with Crippen LogP contribution in [0, 0.1) is 0 Å². The van der Waals surface area contributed by atoms with Crippen LogP contribution in [0.25, 0.3) is 0 Å². The van der Waals surface area contributed by atoms with Gasteiger partial charge in [-0.1, -0.05) is 6.92 Å². The fourth-order valence-electron chi connectivity index (χ4n) is 1.29. The van der Waals surface area contributed by atoms with Crippen LogP contribution < -0.4 is 5.32 Å². The SMILES string of the molecule is CCCNC1COCC1SC. The molecule has 66 valence electrons. The van der Waals surface area contributed by atoms with E-state index in [2.05, 4.69) is 18.5 Å². The summed E-state index contributed by atoms with van der Waals surface area (Å²) in [6.45, 7) is 5.12.